The standard InChI is InChI=1S/C24H22N4S/c1-2-8-19(9-3-1)21-10-4-5-11-22(21)28-15-14-27(17-20-16-25-18-26-20)23-12-6-7-13-24(23)29-28/h1-13,16,18H,14-15,17H2,(H,25,26). The molecule has 1 aliphatic heterocycles. The number of para-hydroxylation sites is 2. The van der Waals surface area contributed by atoms with E-state index in [2.05, 4.69) is 98.0 Å². The molecule has 5 rings (SSSR count). The van der Waals surface area contributed by atoms with Gasteiger partial charge in [-0.05, 0) is 35.7 Å². The molecule has 1 aromatic heterocycles. The van der Waals surface area contributed by atoms with Crippen LogP contribution in [0.25, 0.3) is 11.1 Å². The number of hydrogen-bond acceptors (Lipinski definition) is 4. The Morgan fingerprint density at radius 1 is 0.828 bits per heavy atom. The lowest BCUT2D eigenvalue weighted by Crippen LogP contribution is -2.29. The summed E-state index contributed by atoms with van der Waals surface area (Å²) in [5.41, 5.74) is 6.08. The first-order chi connectivity index (χ1) is 14.4. The van der Waals surface area contributed by atoms with Crippen LogP contribution in [0.3, 0.4) is 0 Å². The zero-order chi connectivity index (χ0) is 19.5. The molecule has 0 saturated heterocycles. The van der Waals surface area contributed by atoms with E-state index in [0.29, 0.717) is 0 Å². The summed E-state index contributed by atoms with van der Waals surface area (Å²) in [6.45, 7) is 2.66. The first-order valence-electron chi connectivity index (χ1n) is 9.80. The minimum absolute atomic E-state index is 0.801. The first kappa shape index (κ1) is 17.9. The van der Waals surface area contributed by atoms with Crippen molar-refractivity contribution < 1.29 is 0 Å². The third-order valence-electron chi connectivity index (χ3n) is 5.15. The molecule has 0 amide bonds. The van der Waals surface area contributed by atoms with Gasteiger partial charge >= 0.3 is 0 Å². The minimum atomic E-state index is 0.801. The number of H-pyrrole nitrogens is 1. The van der Waals surface area contributed by atoms with Gasteiger partial charge in [-0.2, -0.15) is 0 Å². The minimum Gasteiger partial charge on any atom is -0.363 e. The van der Waals surface area contributed by atoms with Crippen molar-refractivity contribution in [1.82, 2.24) is 9.97 Å². The fraction of sp³-hybridized carbons (Fsp3) is 0.125. The van der Waals surface area contributed by atoms with Gasteiger partial charge < -0.3 is 14.2 Å². The second-order valence-corrected chi connectivity index (χ2v) is 8.09. The molecular formula is C24H22N4S. The number of nitrogens with zero attached hydrogens (tertiary/aromatic N) is 3. The number of imidazole rings is 1. The first-order valence-corrected chi connectivity index (χ1v) is 10.6. The molecule has 0 spiro atoms. The van der Waals surface area contributed by atoms with Crippen molar-refractivity contribution in [3.8, 4) is 11.1 Å². The van der Waals surface area contributed by atoms with E-state index in [1.165, 1.54) is 27.4 Å². The normalized spacial score (nSPS) is 13.8. The van der Waals surface area contributed by atoms with E-state index in [4.69, 9.17) is 0 Å². The van der Waals surface area contributed by atoms with E-state index in [0.717, 1.165) is 25.3 Å². The van der Waals surface area contributed by atoms with Crippen LogP contribution in [0, 0.1) is 0 Å². The molecule has 2 heterocycles. The quantitative estimate of drug-likeness (QED) is 0.453. The highest BCUT2D eigenvalue weighted by atomic mass is 32.2. The zero-order valence-electron chi connectivity index (χ0n) is 16.0. The molecule has 29 heavy (non-hydrogen) atoms. The lowest BCUT2D eigenvalue weighted by atomic mass is 10.0. The molecule has 0 bridgehead atoms. The van der Waals surface area contributed by atoms with E-state index >= 15 is 0 Å². The smallest absolute Gasteiger partial charge is 0.0923 e. The Kier molecular flexibility index (Phi) is 4.97. The van der Waals surface area contributed by atoms with Gasteiger partial charge in [0.05, 0.1) is 34.8 Å². The molecule has 4 nitrogen and oxygen atoms in total. The fourth-order valence-electron chi connectivity index (χ4n) is 3.75. The molecule has 3 aromatic carbocycles. The summed E-state index contributed by atoms with van der Waals surface area (Å²) >= 11 is 1.82. The molecule has 4 aromatic rings. The zero-order valence-corrected chi connectivity index (χ0v) is 16.8. The number of benzene rings is 3. The Morgan fingerprint density at radius 3 is 2.41 bits per heavy atom. The van der Waals surface area contributed by atoms with Crippen LogP contribution in [0.5, 0.6) is 0 Å². The summed E-state index contributed by atoms with van der Waals surface area (Å²) in [5.74, 6) is 0. The average Bonchev–Trinajstić information content (AvgIpc) is 3.23. The number of aromatic nitrogens is 2. The summed E-state index contributed by atoms with van der Waals surface area (Å²) < 4.78 is 2.42. The Balaban J connectivity index is 1.50. The number of fused-ring (bicyclic) bond motifs is 1. The molecular weight excluding hydrogens is 376 g/mol. The molecule has 0 aliphatic carbocycles. The van der Waals surface area contributed by atoms with Gasteiger partial charge in [0.1, 0.15) is 0 Å². The predicted octanol–water partition coefficient (Wildman–Crippen LogP) is 5.61. The Morgan fingerprint density at radius 2 is 1.59 bits per heavy atom. The lowest BCUT2D eigenvalue weighted by Gasteiger charge is -2.25. The van der Waals surface area contributed by atoms with Gasteiger partial charge in [0.15, 0.2) is 0 Å². The van der Waals surface area contributed by atoms with Crippen LogP contribution >= 0.6 is 11.9 Å². The molecule has 0 radical (unpaired) electrons. The molecule has 0 saturated carbocycles. The van der Waals surface area contributed by atoms with Crippen LogP contribution in [-0.4, -0.2) is 23.1 Å². The van der Waals surface area contributed by atoms with Crippen LogP contribution in [0.2, 0.25) is 0 Å². The van der Waals surface area contributed by atoms with Crippen LogP contribution in [0.1, 0.15) is 5.69 Å². The van der Waals surface area contributed by atoms with Gasteiger partial charge in [-0.1, -0.05) is 60.7 Å². The maximum Gasteiger partial charge on any atom is 0.0923 e. The second kappa shape index (κ2) is 8.05. The molecule has 0 unspecified atom stereocenters. The lowest BCUT2D eigenvalue weighted by molar-refractivity contribution is 0.779. The maximum absolute atomic E-state index is 4.43. The van der Waals surface area contributed by atoms with Crippen LogP contribution < -0.4 is 9.21 Å². The molecule has 5 heteroatoms. The van der Waals surface area contributed by atoms with Crippen molar-refractivity contribution in [2.75, 3.05) is 22.3 Å². The number of nitrogens with one attached hydrogen (secondary N) is 1. The number of hydrogen-bond donors (Lipinski definition) is 1. The molecule has 144 valence electrons. The van der Waals surface area contributed by atoms with Gasteiger partial charge in [-0.15, -0.1) is 0 Å². The van der Waals surface area contributed by atoms with Gasteiger partial charge in [0.2, 0.25) is 0 Å². The highest BCUT2D eigenvalue weighted by Gasteiger charge is 2.23. The van der Waals surface area contributed by atoms with Gasteiger partial charge in [-0.3, -0.25) is 0 Å². The number of rotatable bonds is 4. The second-order valence-electron chi connectivity index (χ2n) is 7.03. The SMILES string of the molecule is c1ccc(-c2ccccc2N2CCN(Cc3c[nH]cn3)c3ccccc3S2)cc1. The monoisotopic (exact) mass is 398 g/mol. The van der Waals surface area contributed by atoms with E-state index in [1.807, 2.05) is 18.1 Å². The Bertz CT molecular complexity index is 1080. The van der Waals surface area contributed by atoms with Crippen LogP contribution in [0.4, 0.5) is 11.4 Å². The van der Waals surface area contributed by atoms with E-state index in [1.54, 1.807) is 6.33 Å². The summed E-state index contributed by atoms with van der Waals surface area (Å²) in [7, 11) is 0. The van der Waals surface area contributed by atoms with Crippen molar-refractivity contribution in [3.05, 3.63) is 97.1 Å². The third kappa shape index (κ3) is 3.74. The van der Waals surface area contributed by atoms with Gasteiger partial charge in [0, 0.05) is 24.8 Å². The van der Waals surface area contributed by atoms with Crippen molar-refractivity contribution in [2.45, 2.75) is 11.4 Å². The fourth-order valence-corrected chi connectivity index (χ4v) is 4.85. The third-order valence-corrected chi connectivity index (χ3v) is 6.29. The van der Waals surface area contributed by atoms with Gasteiger partial charge in [-0.25, -0.2) is 4.98 Å². The Hall–Kier alpha value is -3.18. The van der Waals surface area contributed by atoms with Crippen LogP contribution in [0.15, 0.2) is 96.3 Å². The number of anilines is 2. The van der Waals surface area contributed by atoms with Gasteiger partial charge in [0.25, 0.3) is 0 Å². The molecule has 0 atom stereocenters. The summed E-state index contributed by atoms with van der Waals surface area (Å²) in [4.78, 5) is 11.2. The summed E-state index contributed by atoms with van der Waals surface area (Å²) in [5, 5.41) is 0. The van der Waals surface area contributed by atoms with Crippen molar-refractivity contribution in [1.29, 1.82) is 0 Å². The largest absolute Gasteiger partial charge is 0.363 e. The predicted molar refractivity (Wildman–Crippen MR) is 121 cm³/mol. The van der Waals surface area contributed by atoms with Crippen molar-refractivity contribution in [2.24, 2.45) is 0 Å². The van der Waals surface area contributed by atoms with E-state index in [-0.39, 0.29) is 0 Å². The summed E-state index contributed by atoms with van der Waals surface area (Å²) in [6, 6.07) is 28.0. The molecule has 1 aliphatic rings. The van der Waals surface area contributed by atoms with E-state index in [9.17, 15) is 0 Å². The number of aromatic amines is 1. The Labute approximate surface area is 175 Å². The van der Waals surface area contributed by atoms with E-state index < -0.39 is 0 Å². The highest BCUT2D eigenvalue weighted by molar-refractivity contribution is 8.00. The van der Waals surface area contributed by atoms with Crippen molar-refractivity contribution >= 4 is 23.3 Å². The van der Waals surface area contributed by atoms with Crippen LogP contribution in [-0.2, 0) is 6.54 Å². The molecule has 0 fully saturated rings. The molecule has 1 N–H and O–H groups in total. The average molecular weight is 399 g/mol. The summed E-state index contributed by atoms with van der Waals surface area (Å²) in [6.07, 6.45) is 3.72. The topological polar surface area (TPSA) is 35.2 Å². The highest BCUT2D eigenvalue weighted by Crippen LogP contribution is 2.41. The van der Waals surface area contributed by atoms with Crippen molar-refractivity contribution in [3.63, 3.8) is 0 Å². The maximum atomic E-state index is 4.43.